The Labute approximate surface area is 102 Å². The largest absolute Gasteiger partial charge is 1.00 e. The molecule has 0 saturated carbocycles. The zero-order valence-electron chi connectivity index (χ0n) is 9.04. The number of carbonyl (C=O) groups excluding carboxylic acids is 2. The Morgan fingerprint density at radius 2 is 2.07 bits per heavy atom. The maximum atomic E-state index is 9.98. The molecule has 0 aliphatic heterocycles. The molecule has 0 fully saturated rings. The SMILES string of the molecule is Cc1cc[c-]cc1.[CH2-]CC(=O)N[C-]=O.[Li+]. The molecule has 0 atom stereocenters. The summed E-state index contributed by atoms with van der Waals surface area (Å²) < 4.78 is 0. The van der Waals surface area contributed by atoms with Crippen molar-refractivity contribution in [3.63, 3.8) is 0 Å². The van der Waals surface area contributed by atoms with E-state index in [1.54, 1.807) is 5.32 Å². The molecule has 0 unspecified atom stereocenters. The van der Waals surface area contributed by atoms with Crippen molar-refractivity contribution >= 4 is 12.3 Å². The average molecular weight is 197 g/mol. The Morgan fingerprint density at radius 3 is 2.27 bits per heavy atom. The molecule has 2 amide bonds. The molecule has 3 nitrogen and oxygen atoms in total. The van der Waals surface area contributed by atoms with E-state index in [4.69, 9.17) is 0 Å². The summed E-state index contributed by atoms with van der Waals surface area (Å²) in [7, 11) is 0. The van der Waals surface area contributed by atoms with E-state index in [-0.39, 0.29) is 25.3 Å². The second kappa shape index (κ2) is 11.0. The van der Waals surface area contributed by atoms with Crippen LogP contribution in [0.25, 0.3) is 0 Å². The predicted octanol–water partition coefficient (Wildman–Crippen LogP) is -1.81. The van der Waals surface area contributed by atoms with Gasteiger partial charge in [0.2, 0.25) is 0 Å². The summed E-state index contributed by atoms with van der Waals surface area (Å²) in [4.78, 5) is 19.3. The number of benzene rings is 1. The van der Waals surface area contributed by atoms with Crippen molar-refractivity contribution in [3.05, 3.63) is 42.8 Å². The summed E-state index contributed by atoms with van der Waals surface area (Å²) >= 11 is 0. The number of carbonyl (C=O) groups is 1. The van der Waals surface area contributed by atoms with Crippen LogP contribution in [0.1, 0.15) is 12.0 Å². The molecule has 0 aliphatic carbocycles. The Hall–Kier alpha value is -1.04. The Morgan fingerprint density at radius 1 is 1.53 bits per heavy atom. The monoisotopic (exact) mass is 197 g/mol. The van der Waals surface area contributed by atoms with Gasteiger partial charge in [-0.25, -0.2) is 0 Å². The fraction of sp³-hybridized carbons (Fsp3) is 0.182. The fourth-order valence-electron chi connectivity index (χ4n) is 0.590. The normalized spacial score (nSPS) is 7.60. The third-order valence-corrected chi connectivity index (χ3v) is 1.30. The fourth-order valence-corrected chi connectivity index (χ4v) is 0.590. The van der Waals surface area contributed by atoms with Crippen LogP contribution in [-0.4, -0.2) is 12.3 Å². The van der Waals surface area contributed by atoms with E-state index in [0.29, 0.717) is 0 Å². The average Bonchev–Trinajstić information content (AvgIpc) is 2.20. The topological polar surface area (TPSA) is 46.2 Å². The summed E-state index contributed by atoms with van der Waals surface area (Å²) in [5, 5.41) is 1.79. The van der Waals surface area contributed by atoms with E-state index < -0.39 is 5.91 Å². The van der Waals surface area contributed by atoms with E-state index >= 15 is 0 Å². The maximum Gasteiger partial charge on any atom is 1.00 e. The van der Waals surface area contributed by atoms with Crippen LogP contribution in [-0.2, 0) is 9.59 Å². The van der Waals surface area contributed by atoms with Crippen molar-refractivity contribution in [3.8, 4) is 0 Å². The molecule has 1 N–H and O–H groups in total. The maximum absolute atomic E-state index is 9.98. The predicted molar refractivity (Wildman–Crippen MR) is 53.8 cm³/mol. The molecular weight excluding hydrogens is 185 g/mol. The van der Waals surface area contributed by atoms with Crippen LogP contribution in [0.3, 0.4) is 0 Å². The zero-order valence-corrected chi connectivity index (χ0v) is 9.04. The minimum absolute atomic E-state index is 0. The standard InChI is InChI=1S/C7H7.C4H5NO2.Li/c1-7-5-3-2-4-6-7;1-2-4(7)5-3-6;/h3-6H,1H3;1-2H2,(H,5,6,7);/q-1;-2;+1. The second-order valence-electron chi connectivity index (χ2n) is 2.48. The number of amides is 2. The van der Waals surface area contributed by atoms with Gasteiger partial charge >= 0.3 is 18.9 Å². The quantitative estimate of drug-likeness (QED) is 0.345. The molecule has 1 rings (SSSR count). The van der Waals surface area contributed by atoms with Gasteiger partial charge in [0.1, 0.15) is 0 Å². The van der Waals surface area contributed by atoms with Crippen molar-refractivity contribution in [1.29, 1.82) is 0 Å². The Kier molecular flexibility index (Phi) is 12.1. The molecule has 0 radical (unpaired) electrons. The van der Waals surface area contributed by atoms with Gasteiger partial charge in [0.05, 0.1) is 6.41 Å². The van der Waals surface area contributed by atoms with Gasteiger partial charge in [-0.3, -0.25) is 0 Å². The third kappa shape index (κ3) is 10.9. The molecule has 76 valence electrons. The molecular formula is C11H12LiNO2-2. The first-order chi connectivity index (χ1) is 6.70. The van der Waals surface area contributed by atoms with E-state index in [9.17, 15) is 9.59 Å². The Bertz CT molecular complexity index is 275. The molecule has 0 aliphatic rings. The first-order valence-electron chi connectivity index (χ1n) is 4.08. The molecule has 0 aromatic heterocycles. The summed E-state index contributed by atoms with van der Waals surface area (Å²) in [6.45, 7) is 5.28. The number of rotatable bonds is 2. The number of nitrogens with one attached hydrogen (secondary N) is 1. The van der Waals surface area contributed by atoms with Gasteiger partial charge in [0, 0.05) is 5.91 Å². The molecule has 0 spiro atoms. The van der Waals surface area contributed by atoms with Gasteiger partial charge in [-0.15, -0.1) is 0 Å². The van der Waals surface area contributed by atoms with Gasteiger partial charge in [0.15, 0.2) is 0 Å². The van der Waals surface area contributed by atoms with Crippen molar-refractivity contribution in [2.24, 2.45) is 0 Å². The number of hydrogen-bond donors (Lipinski definition) is 1. The van der Waals surface area contributed by atoms with Gasteiger partial charge in [-0.2, -0.15) is 42.3 Å². The summed E-state index contributed by atoms with van der Waals surface area (Å²) in [6.07, 6.45) is 1.31. The van der Waals surface area contributed by atoms with Gasteiger partial charge in [-0.05, 0) is 0 Å². The van der Waals surface area contributed by atoms with Crippen molar-refractivity contribution in [2.75, 3.05) is 0 Å². The molecule has 4 heteroatoms. The zero-order chi connectivity index (χ0) is 10.8. The number of imide groups is 1. The third-order valence-electron chi connectivity index (χ3n) is 1.30. The van der Waals surface area contributed by atoms with Gasteiger partial charge < -0.3 is 21.8 Å². The van der Waals surface area contributed by atoms with Crippen LogP contribution in [0.15, 0.2) is 24.3 Å². The summed E-state index contributed by atoms with van der Waals surface area (Å²) in [5.74, 6) is -0.407. The molecule has 1 aromatic carbocycles. The van der Waals surface area contributed by atoms with Gasteiger partial charge in [0.25, 0.3) is 0 Å². The first-order valence-corrected chi connectivity index (χ1v) is 4.08. The molecule has 15 heavy (non-hydrogen) atoms. The summed E-state index contributed by atoms with van der Waals surface area (Å²) in [6, 6.07) is 10.8. The molecule has 1 aromatic rings. The minimum atomic E-state index is -0.407. The molecule has 0 heterocycles. The number of hydrogen-bond acceptors (Lipinski definition) is 2. The smallest absolute Gasteiger partial charge is 0.464 e. The van der Waals surface area contributed by atoms with E-state index in [0.717, 1.165) is 0 Å². The van der Waals surface area contributed by atoms with Crippen LogP contribution in [0, 0.1) is 19.9 Å². The van der Waals surface area contributed by atoms with Crippen molar-refractivity contribution < 1.29 is 28.4 Å². The van der Waals surface area contributed by atoms with Gasteiger partial charge in [-0.1, -0.05) is 6.92 Å². The first kappa shape index (κ1) is 16.4. The van der Waals surface area contributed by atoms with Crippen LogP contribution in [0.5, 0.6) is 0 Å². The van der Waals surface area contributed by atoms with Crippen LogP contribution >= 0.6 is 0 Å². The van der Waals surface area contributed by atoms with Crippen molar-refractivity contribution in [2.45, 2.75) is 13.3 Å². The van der Waals surface area contributed by atoms with E-state index in [2.05, 4.69) is 19.9 Å². The Balaban J connectivity index is 0. The van der Waals surface area contributed by atoms with Crippen LogP contribution < -0.4 is 24.2 Å². The van der Waals surface area contributed by atoms with Crippen molar-refractivity contribution in [1.82, 2.24) is 5.32 Å². The number of aryl methyl sites for hydroxylation is 1. The van der Waals surface area contributed by atoms with E-state index in [1.165, 1.54) is 12.0 Å². The van der Waals surface area contributed by atoms with Crippen LogP contribution in [0.4, 0.5) is 0 Å². The van der Waals surface area contributed by atoms with E-state index in [1.807, 2.05) is 24.3 Å². The van der Waals surface area contributed by atoms with Crippen LogP contribution in [0.2, 0.25) is 0 Å². The second-order valence-corrected chi connectivity index (χ2v) is 2.48. The minimum Gasteiger partial charge on any atom is -0.464 e. The molecule has 0 saturated heterocycles. The summed E-state index contributed by atoms with van der Waals surface area (Å²) in [5.41, 5.74) is 1.29. The molecule has 0 bridgehead atoms.